The van der Waals surface area contributed by atoms with Gasteiger partial charge in [-0.05, 0) is 163 Å². The number of hydrogen-bond donors (Lipinski definition) is 1. The van der Waals surface area contributed by atoms with E-state index in [0.717, 1.165) is 41.7 Å². The van der Waals surface area contributed by atoms with E-state index in [-0.39, 0.29) is 74.1 Å². The number of unbranched alkanes of at least 4 members (excludes halogenated alkanes) is 3. The molecule has 0 aliphatic heterocycles. The standard InChI is InChI=1S/C23H30ClN2O8P.C20H26ClN2O8P.C18H26Cl2NO4P.C6H7O2/c1-4-15-31-23(27)18(2)16-19-7-9-20(10-8-19)34-35(30,25(3)14-6-5-13-24)32-17-21-11-12-22(33-21)26(28)29;1-15(20(24)25)13-16-5-7-17(8-6-16)31-32(28,22(2)12-4-3-11-21)29-14-18-9-10-19(30-18)23(26)27;1-4-13-24-18(22)15(2)14-16-7-9-17(10-8-16)25-26(20,23)21(3)12-6-5-11-19;1-5-2-3-6(4-7)8-5/h4,7-12,18H,1,5-6,13-17H2,2-3H3;5-10,15H,3-4,11-14H2,1-2H3,(H,24,25);4,7-10,15H,1,5-6,11-14H2,2-3H3;2-3H,4H2,1H3/q;;;-1/t18-,35?;15-,32?;15-,26?;/m000./s1. The summed E-state index contributed by atoms with van der Waals surface area (Å²) < 4.78 is 97.4. The van der Waals surface area contributed by atoms with Crippen LogP contribution in [0.1, 0.15) is 99.0 Å². The first-order chi connectivity index (χ1) is 47.9. The lowest BCUT2D eigenvalue weighted by Crippen LogP contribution is -2.21. The number of benzene rings is 3. The molecule has 3 aromatic carbocycles. The van der Waals surface area contributed by atoms with Crippen LogP contribution >= 0.6 is 68.4 Å². The molecule has 0 saturated carbocycles. The van der Waals surface area contributed by atoms with Gasteiger partial charge in [0.15, 0.2) is 0 Å². The highest BCUT2D eigenvalue weighted by atomic mass is 35.7. The third kappa shape index (κ3) is 33.5. The summed E-state index contributed by atoms with van der Waals surface area (Å²) in [5.41, 5.74) is 2.61. The predicted octanol–water partition coefficient (Wildman–Crippen LogP) is 16.6. The lowest BCUT2D eigenvalue weighted by molar-refractivity contribution is -0.402. The fraction of sp³-hybridized carbons (Fsp3) is 0.448. The van der Waals surface area contributed by atoms with Crippen molar-refractivity contribution >= 4 is 98.1 Å². The summed E-state index contributed by atoms with van der Waals surface area (Å²) in [4.78, 5) is 55.1. The number of halogens is 4. The number of alkyl halides is 3. The van der Waals surface area contributed by atoms with Crippen LogP contribution in [0.15, 0.2) is 148 Å². The van der Waals surface area contributed by atoms with Crippen molar-refractivity contribution in [2.45, 2.75) is 105 Å². The Morgan fingerprint density at radius 1 is 0.535 bits per heavy atom. The molecule has 0 spiro atoms. The predicted molar refractivity (Wildman–Crippen MR) is 384 cm³/mol. The number of esters is 2. The molecule has 0 radical (unpaired) electrons. The Morgan fingerprint density at radius 2 is 0.881 bits per heavy atom. The van der Waals surface area contributed by atoms with Crippen molar-refractivity contribution in [3.8, 4) is 17.2 Å². The summed E-state index contributed by atoms with van der Waals surface area (Å²) in [5.74, 6) is 0.556. The number of aliphatic carboxylic acids is 1. The van der Waals surface area contributed by atoms with Crippen LogP contribution in [0.3, 0.4) is 0 Å². The molecular formula is C67H89Cl4N5O22P3-. The highest BCUT2D eigenvalue weighted by molar-refractivity contribution is 7.83. The topological polar surface area (TPSA) is 346 Å². The number of furan rings is 3. The molecule has 0 saturated heterocycles. The fourth-order valence-corrected chi connectivity index (χ4v) is 13.2. The van der Waals surface area contributed by atoms with Gasteiger partial charge in [0.25, 0.3) is 0 Å². The number of carbonyl (C=O) groups is 3. The number of rotatable bonds is 43. The van der Waals surface area contributed by atoms with E-state index in [1.807, 2.05) is 19.1 Å². The Hall–Kier alpha value is -6.80. The van der Waals surface area contributed by atoms with Gasteiger partial charge in [0.2, 0.25) is 0 Å². The van der Waals surface area contributed by atoms with Crippen LogP contribution in [0.2, 0.25) is 0 Å². The lowest BCUT2D eigenvalue weighted by Gasteiger charge is -2.27. The van der Waals surface area contributed by atoms with E-state index in [1.165, 1.54) is 50.4 Å². The lowest BCUT2D eigenvalue weighted by atomic mass is 10.0. The number of carbonyl (C=O) groups excluding carboxylic acids is 2. The average molecular weight is 1550 g/mol. The molecule has 6 rings (SSSR count). The van der Waals surface area contributed by atoms with Gasteiger partial charge in [-0.1, -0.05) is 89.1 Å². The van der Waals surface area contributed by atoms with Crippen molar-refractivity contribution in [1.82, 2.24) is 14.0 Å². The van der Waals surface area contributed by atoms with Gasteiger partial charge >= 0.3 is 52.0 Å². The Bertz CT molecular complexity index is 3640. The van der Waals surface area contributed by atoms with Gasteiger partial charge in [-0.25, -0.2) is 27.7 Å². The quantitative estimate of drug-likeness (QED) is 0.00706. The van der Waals surface area contributed by atoms with Crippen molar-refractivity contribution in [3.05, 3.63) is 194 Å². The largest absolute Gasteiger partial charge is 0.849 e. The van der Waals surface area contributed by atoms with Gasteiger partial charge in [0.05, 0.1) is 35.6 Å². The zero-order valence-electron chi connectivity index (χ0n) is 57.4. The van der Waals surface area contributed by atoms with Crippen molar-refractivity contribution in [3.63, 3.8) is 0 Å². The Labute approximate surface area is 608 Å². The van der Waals surface area contributed by atoms with Crippen molar-refractivity contribution < 1.29 is 93.5 Å². The molecule has 1 N–H and O–H groups in total. The summed E-state index contributed by atoms with van der Waals surface area (Å²) in [7, 11) is -2.84. The molecule has 101 heavy (non-hydrogen) atoms. The molecule has 0 fully saturated rings. The maximum absolute atomic E-state index is 13.6. The summed E-state index contributed by atoms with van der Waals surface area (Å²) in [6.07, 6.45) is 8.77. The summed E-state index contributed by atoms with van der Waals surface area (Å²) in [6.45, 7) is 11.5. The number of carboxylic acid groups (broad SMARTS) is 1. The van der Waals surface area contributed by atoms with Crippen LogP contribution in [0.4, 0.5) is 11.8 Å². The van der Waals surface area contributed by atoms with Crippen LogP contribution in [0, 0.1) is 44.9 Å². The van der Waals surface area contributed by atoms with Gasteiger partial charge in [-0.15, -0.1) is 34.8 Å². The molecule has 3 heterocycles. The Kier molecular flexibility index (Phi) is 40.9. The third-order valence-electron chi connectivity index (χ3n) is 14.1. The minimum Gasteiger partial charge on any atom is -0.849 e. The zero-order chi connectivity index (χ0) is 75.1. The molecule has 6 atom stereocenters. The molecule has 3 aromatic heterocycles. The number of aryl methyl sites for hydroxylation is 1. The van der Waals surface area contributed by atoms with Crippen molar-refractivity contribution in [2.24, 2.45) is 17.8 Å². The van der Waals surface area contributed by atoms with Gasteiger partial charge < -0.3 is 46.5 Å². The number of carboxylic acids is 1. The first kappa shape index (κ1) is 88.4. The number of ether oxygens (including phenoxy) is 2. The highest BCUT2D eigenvalue weighted by Gasteiger charge is 2.35. The molecular weight excluding hydrogens is 1460 g/mol. The molecule has 6 aromatic rings. The van der Waals surface area contributed by atoms with Gasteiger partial charge in [-0.2, -0.15) is 0 Å². The molecule has 0 aliphatic carbocycles. The summed E-state index contributed by atoms with van der Waals surface area (Å²) in [6, 6.07) is 29.0. The van der Waals surface area contributed by atoms with Crippen LogP contribution < -0.4 is 18.7 Å². The van der Waals surface area contributed by atoms with Gasteiger partial charge in [-0.3, -0.25) is 43.7 Å². The van der Waals surface area contributed by atoms with E-state index in [0.29, 0.717) is 93.1 Å². The molecule has 0 aliphatic rings. The molecule has 34 heteroatoms. The maximum atomic E-state index is 13.6. The van der Waals surface area contributed by atoms with Crippen molar-refractivity contribution in [2.75, 3.05) is 71.6 Å². The van der Waals surface area contributed by atoms with E-state index in [4.69, 9.17) is 96.5 Å². The summed E-state index contributed by atoms with van der Waals surface area (Å²) in [5, 5.41) is 40.7. The monoisotopic (exact) mass is 1550 g/mol. The first-order valence-electron chi connectivity index (χ1n) is 31.8. The second kappa shape index (κ2) is 46.7. The van der Waals surface area contributed by atoms with Crippen LogP contribution in [0.5, 0.6) is 17.2 Å². The second-order valence-electron chi connectivity index (χ2n) is 22.6. The van der Waals surface area contributed by atoms with E-state index in [9.17, 15) is 53.4 Å². The number of hydrogen-bond acceptors (Lipinski definition) is 21. The highest BCUT2D eigenvalue weighted by Crippen LogP contribution is 2.55. The molecule has 558 valence electrons. The smallest absolute Gasteiger partial charge is 0.461 e. The van der Waals surface area contributed by atoms with Crippen molar-refractivity contribution in [1.29, 1.82) is 0 Å². The fourth-order valence-electron chi connectivity index (χ4n) is 8.40. The molecule has 27 nitrogen and oxygen atoms in total. The van der Waals surface area contributed by atoms with E-state index in [2.05, 4.69) is 13.2 Å². The summed E-state index contributed by atoms with van der Waals surface area (Å²) >= 11 is 23.2. The first-order valence-corrected chi connectivity index (χ1v) is 38.9. The molecule has 3 unspecified atom stereocenters. The van der Waals surface area contributed by atoms with E-state index in [1.54, 1.807) is 115 Å². The molecule has 0 amide bonds. The van der Waals surface area contributed by atoms with Gasteiger partial charge in [0.1, 0.15) is 70.8 Å². The maximum Gasteiger partial charge on any atom is 0.461 e. The number of nitrogens with zero attached hydrogens (tertiary/aromatic N) is 5. The second-order valence-corrected chi connectivity index (χ2v) is 30.9. The normalized spacial score (nSPS) is 13.7. The number of nitro groups is 2. The van der Waals surface area contributed by atoms with Gasteiger partial charge in [0, 0.05) is 48.5 Å². The minimum atomic E-state index is -3.85. The average Bonchev–Trinajstić information content (AvgIpc) is 1.47. The van der Waals surface area contributed by atoms with Crippen LogP contribution in [-0.2, 0) is 85.7 Å². The van der Waals surface area contributed by atoms with E-state index >= 15 is 0 Å². The third-order valence-corrected chi connectivity index (χ3v) is 21.2. The van der Waals surface area contributed by atoms with E-state index < -0.39 is 55.9 Å². The van der Waals surface area contributed by atoms with Crippen LogP contribution in [0.25, 0.3) is 0 Å². The van der Waals surface area contributed by atoms with Crippen LogP contribution in [-0.4, -0.2) is 119 Å². The zero-order valence-corrected chi connectivity index (χ0v) is 63.2. The SMILES string of the molecule is C=CCOC(=O)[C@@H](C)Cc1ccc(OP(=O)(Cl)N(C)CCCCCl)cc1.C=CCOC(=O)[C@@H](C)Cc1ccc(OP(=O)(OCc2ccc([N+](=O)[O-])o2)N(C)CCCCCl)cc1.C[C@@H](Cc1ccc(OP(=O)(OCc2ccc([N+](=O)[O-])o2)N(C)CCCCCl)cc1)C(=O)O.Cc1ccc(C[O-])o1. The Morgan fingerprint density at radius 3 is 1.18 bits per heavy atom. The molecule has 0 bridgehead atoms. The minimum absolute atomic E-state index is 0.132. The Balaban J connectivity index is 0.000000375.